The fourth-order valence-corrected chi connectivity index (χ4v) is 3.48. The van der Waals surface area contributed by atoms with Crippen LogP contribution in [0, 0.1) is 6.92 Å². The summed E-state index contributed by atoms with van der Waals surface area (Å²) in [5.74, 6) is 2.18. The van der Waals surface area contributed by atoms with E-state index < -0.39 is 0 Å². The minimum atomic E-state index is -0.0334. The van der Waals surface area contributed by atoms with Crippen molar-refractivity contribution < 1.29 is 9.53 Å². The maximum absolute atomic E-state index is 12.1. The van der Waals surface area contributed by atoms with Gasteiger partial charge in [-0.1, -0.05) is 36.0 Å². The van der Waals surface area contributed by atoms with E-state index in [2.05, 4.69) is 28.5 Å². The van der Waals surface area contributed by atoms with Gasteiger partial charge in [0.2, 0.25) is 5.91 Å². The first-order valence-corrected chi connectivity index (χ1v) is 9.59. The van der Waals surface area contributed by atoms with Crippen LogP contribution in [0.3, 0.4) is 0 Å². The Bertz CT molecular complexity index is 922. The van der Waals surface area contributed by atoms with E-state index in [1.54, 1.807) is 7.11 Å². The number of aromatic nitrogens is 3. The highest BCUT2D eigenvalue weighted by atomic mass is 32.2. The summed E-state index contributed by atoms with van der Waals surface area (Å²) < 4.78 is 7.08. The quantitative estimate of drug-likeness (QED) is 0.627. The van der Waals surface area contributed by atoms with Crippen LogP contribution in [0.15, 0.2) is 53.7 Å². The molecule has 0 radical (unpaired) electrons. The number of hydrogen-bond donors (Lipinski definition) is 1. The van der Waals surface area contributed by atoms with E-state index in [0.29, 0.717) is 12.2 Å². The van der Waals surface area contributed by atoms with Gasteiger partial charge in [0.05, 0.1) is 7.11 Å². The Labute approximate surface area is 163 Å². The zero-order chi connectivity index (χ0) is 19.2. The number of carbonyl (C=O) groups is 1. The molecule has 0 unspecified atom stereocenters. The van der Waals surface area contributed by atoms with Crippen molar-refractivity contribution >= 4 is 23.4 Å². The van der Waals surface area contributed by atoms with Crippen molar-refractivity contribution in [1.82, 2.24) is 14.8 Å². The number of methoxy groups -OCH3 is 1. The fraction of sp³-hybridized carbons (Fsp3) is 0.250. The van der Waals surface area contributed by atoms with Crippen LogP contribution >= 0.6 is 11.8 Å². The van der Waals surface area contributed by atoms with Gasteiger partial charge in [0.1, 0.15) is 5.75 Å². The van der Waals surface area contributed by atoms with Crippen LogP contribution in [0.2, 0.25) is 0 Å². The monoisotopic (exact) mass is 382 g/mol. The SMILES string of the molecule is COc1ccc(NC(=O)CCSc2nnc(-c3ccccc3C)n2C)cc1. The second kappa shape index (κ2) is 8.73. The molecule has 0 aliphatic rings. The number of aryl methyl sites for hydroxylation is 1. The normalized spacial score (nSPS) is 10.6. The van der Waals surface area contributed by atoms with Gasteiger partial charge in [0.15, 0.2) is 11.0 Å². The zero-order valence-electron chi connectivity index (χ0n) is 15.6. The van der Waals surface area contributed by atoms with E-state index in [0.717, 1.165) is 33.5 Å². The Kier molecular flexibility index (Phi) is 6.13. The molecule has 1 aromatic heterocycles. The molecule has 0 fully saturated rings. The Morgan fingerprint density at radius 1 is 1.15 bits per heavy atom. The van der Waals surface area contributed by atoms with Gasteiger partial charge in [0.25, 0.3) is 0 Å². The van der Waals surface area contributed by atoms with Crippen molar-refractivity contribution in [3.63, 3.8) is 0 Å². The Balaban J connectivity index is 1.54. The molecule has 6 nitrogen and oxygen atoms in total. The molecule has 140 valence electrons. The molecule has 0 saturated carbocycles. The van der Waals surface area contributed by atoms with E-state index in [-0.39, 0.29) is 5.91 Å². The minimum absolute atomic E-state index is 0.0334. The van der Waals surface area contributed by atoms with E-state index in [1.807, 2.05) is 54.1 Å². The highest BCUT2D eigenvalue weighted by Gasteiger charge is 2.13. The lowest BCUT2D eigenvalue weighted by Gasteiger charge is -2.07. The minimum Gasteiger partial charge on any atom is -0.497 e. The maximum atomic E-state index is 12.1. The van der Waals surface area contributed by atoms with Crippen LogP contribution < -0.4 is 10.1 Å². The van der Waals surface area contributed by atoms with Crippen molar-refractivity contribution in [3.8, 4) is 17.1 Å². The summed E-state index contributed by atoms with van der Waals surface area (Å²) >= 11 is 1.52. The van der Waals surface area contributed by atoms with Crippen molar-refractivity contribution in [1.29, 1.82) is 0 Å². The van der Waals surface area contributed by atoms with Gasteiger partial charge in [-0.3, -0.25) is 4.79 Å². The van der Waals surface area contributed by atoms with Crippen LogP contribution in [-0.2, 0) is 11.8 Å². The van der Waals surface area contributed by atoms with Gasteiger partial charge in [-0.25, -0.2) is 0 Å². The van der Waals surface area contributed by atoms with E-state index in [9.17, 15) is 4.79 Å². The van der Waals surface area contributed by atoms with Crippen molar-refractivity contribution in [2.75, 3.05) is 18.2 Å². The molecule has 7 heteroatoms. The number of nitrogens with one attached hydrogen (secondary N) is 1. The topological polar surface area (TPSA) is 69.0 Å². The number of anilines is 1. The first kappa shape index (κ1) is 19.0. The molecule has 1 N–H and O–H groups in total. The largest absolute Gasteiger partial charge is 0.497 e. The maximum Gasteiger partial charge on any atom is 0.225 e. The van der Waals surface area contributed by atoms with Crippen LogP contribution in [0.5, 0.6) is 5.75 Å². The Morgan fingerprint density at radius 2 is 1.89 bits per heavy atom. The third-order valence-corrected chi connectivity index (χ3v) is 5.18. The summed E-state index contributed by atoms with van der Waals surface area (Å²) in [6, 6.07) is 15.4. The first-order chi connectivity index (χ1) is 13.1. The average Bonchev–Trinajstić information content (AvgIpc) is 3.03. The summed E-state index contributed by atoms with van der Waals surface area (Å²) in [5.41, 5.74) is 2.98. The lowest BCUT2D eigenvalue weighted by Crippen LogP contribution is -2.12. The van der Waals surface area contributed by atoms with E-state index in [4.69, 9.17) is 4.74 Å². The standard InChI is InChI=1S/C20H22N4O2S/c1-14-6-4-5-7-17(14)19-22-23-20(24(19)2)27-13-12-18(25)21-15-8-10-16(26-3)11-9-15/h4-11H,12-13H2,1-3H3,(H,21,25). The number of rotatable bonds is 7. The Hall–Kier alpha value is -2.80. The average molecular weight is 382 g/mol. The molecule has 0 spiro atoms. The van der Waals surface area contributed by atoms with Crippen molar-refractivity contribution in [2.24, 2.45) is 7.05 Å². The number of amides is 1. The number of thioether (sulfide) groups is 1. The van der Waals surface area contributed by atoms with Crippen LogP contribution in [0.4, 0.5) is 5.69 Å². The van der Waals surface area contributed by atoms with Gasteiger partial charge >= 0.3 is 0 Å². The zero-order valence-corrected chi connectivity index (χ0v) is 16.4. The number of hydrogen-bond acceptors (Lipinski definition) is 5. The highest BCUT2D eigenvalue weighted by Crippen LogP contribution is 2.25. The summed E-state index contributed by atoms with van der Waals surface area (Å²) in [6.45, 7) is 2.06. The van der Waals surface area contributed by atoms with Gasteiger partial charge in [0, 0.05) is 30.5 Å². The molecule has 0 saturated heterocycles. The molecule has 0 aliphatic carbocycles. The third-order valence-electron chi connectivity index (χ3n) is 4.15. The van der Waals surface area contributed by atoms with Gasteiger partial charge in [-0.15, -0.1) is 10.2 Å². The molecule has 2 aromatic carbocycles. The second-order valence-electron chi connectivity index (χ2n) is 6.06. The molecule has 1 amide bonds. The highest BCUT2D eigenvalue weighted by molar-refractivity contribution is 7.99. The van der Waals surface area contributed by atoms with Gasteiger partial charge in [-0.2, -0.15) is 0 Å². The van der Waals surface area contributed by atoms with E-state index >= 15 is 0 Å². The lowest BCUT2D eigenvalue weighted by atomic mass is 10.1. The molecular weight excluding hydrogens is 360 g/mol. The molecule has 0 bridgehead atoms. The number of benzene rings is 2. The number of nitrogens with zero attached hydrogens (tertiary/aromatic N) is 3. The third kappa shape index (κ3) is 4.68. The van der Waals surface area contributed by atoms with Crippen molar-refractivity contribution in [2.45, 2.75) is 18.5 Å². The molecule has 3 aromatic rings. The molecular formula is C20H22N4O2S. The van der Waals surface area contributed by atoms with E-state index in [1.165, 1.54) is 11.8 Å². The second-order valence-corrected chi connectivity index (χ2v) is 7.12. The predicted octanol–water partition coefficient (Wildman–Crippen LogP) is 3.92. The summed E-state index contributed by atoms with van der Waals surface area (Å²) in [5, 5.41) is 12.3. The fourth-order valence-electron chi connectivity index (χ4n) is 2.63. The molecule has 0 aliphatic heterocycles. The lowest BCUT2D eigenvalue weighted by molar-refractivity contribution is -0.115. The van der Waals surface area contributed by atoms with Crippen LogP contribution in [-0.4, -0.2) is 33.5 Å². The molecule has 27 heavy (non-hydrogen) atoms. The number of ether oxygens (including phenoxy) is 1. The summed E-state index contributed by atoms with van der Waals surface area (Å²) in [6.07, 6.45) is 0.392. The predicted molar refractivity (Wildman–Crippen MR) is 108 cm³/mol. The molecule has 3 rings (SSSR count). The summed E-state index contributed by atoms with van der Waals surface area (Å²) in [7, 11) is 3.56. The molecule has 0 atom stereocenters. The number of carbonyl (C=O) groups excluding carboxylic acids is 1. The van der Waals surface area contributed by atoms with Gasteiger partial charge in [-0.05, 0) is 36.8 Å². The smallest absolute Gasteiger partial charge is 0.225 e. The van der Waals surface area contributed by atoms with Crippen LogP contribution in [0.25, 0.3) is 11.4 Å². The molecule has 1 heterocycles. The first-order valence-electron chi connectivity index (χ1n) is 8.60. The summed E-state index contributed by atoms with van der Waals surface area (Å²) in [4.78, 5) is 12.1. The Morgan fingerprint density at radius 3 is 2.59 bits per heavy atom. The van der Waals surface area contributed by atoms with Crippen molar-refractivity contribution in [3.05, 3.63) is 54.1 Å². The van der Waals surface area contributed by atoms with Crippen LogP contribution in [0.1, 0.15) is 12.0 Å². The van der Waals surface area contributed by atoms with Gasteiger partial charge < -0.3 is 14.6 Å².